The van der Waals surface area contributed by atoms with Gasteiger partial charge in [-0.15, -0.1) is 0 Å². The molecule has 276 valence electrons. The molecule has 0 radical (unpaired) electrons. The van der Waals surface area contributed by atoms with Crippen molar-refractivity contribution in [3.8, 4) is 17.2 Å². The molecule has 1 N–H and O–H groups in total. The highest BCUT2D eigenvalue weighted by Gasteiger charge is 2.37. The predicted octanol–water partition coefficient (Wildman–Crippen LogP) is 6.64. The molecule has 1 atom stereocenters. The van der Waals surface area contributed by atoms with Crippen molar-refractivity contribution in [3.63, 3.8) is 0 Å². The van der Waals surface area contributed by atoms with E-state index in [1.165, 1.54) is 50.2 Å². The molecule has 0 spiro atoms. The van der Waals surface area contributed by atoms with Gasteiger partial charge in [-0.25, -0.2) is 18.0 Å². The zero-order valence-corrected chi connectivity index (χ0v) is 30.2. The average Bonchev–Trinajstić information content (AvgIpc) is 3.96. The Morgan fingerprint density at radius 1 is 0.961 bits per heavy atom. The van der Waals surface area contributed by atoms with Crippen molar-refractivity contribution < 1.29 is 55.2 Å². The van der Waals surface area contributed by atoms with E-state index in [-0.39, 0.29) is 68.6 Å². The van der Waals surface area contributed by atoms with Crippen LogP contribution in [0, 0.1) is 17.0 Å². The van der Waals surface area contributed by atoms with Crippen LogP contribution in [0.4, 0.5) is 14.5 Å². The van der Waals surface area contributed by atoms with Gasteiger partial charge in [-0.2, -0.15) is 13.5 Å². The van der Waals surface area contributed by atoms with Gasteiger partial charge in [0.15, 0.2) is 23.9 Å². The molecule has 51 heavy (non-hydrogen) atoms. The fourth-order valence-corrected chi connectivity index (χ4v) is 5.98. The van der Waals surface area contributed by atoms with E-state index in [9.17, 15) is 32.0 Å². The minimum Gasteiger partial charge on any atom is -0.619 e. The van der Waals surface area contributed by atoms with Crippen molar-refractivity contribution in [1.82, 2.24) is 0 Å². The van der Waals surface area contributed by atoms with Gasteiger partial charge in [0.05, 0.1) is 30.7 Å². The summed E-state index contributed by atoms with van der Waals surface area (Å²) in [5.41, 5.74) is -1.29. The molecule has 2 aliphatic rings. The molecule has 17 heteroatoms. The Hall–Kier alpha value is -4.08. The van der Waals surface area contributed by atoms with Gasteiger partial charge < -0.3 is 28.9 Å². The summed E-state index contributed by atoms with van der Waals surface area (Å²) in [5, 5.41) is 11.8. The second kappa shape index (κ2) is 15.7. The normalized spacial score (nSPS) is 15.2. The lowest BCUT2D eigenvalue weighted by atomic mass is 10.0. The van der Waals surface area contributed by atoms with E-state index in [2.05, 4.69) is 9.46 Å². The minimum absolute atomic E-state index is 0.0115. The number of hydrogen-bond donors (Lipinski definition) is 1. The number of aromatic nitrogens is 1. The van der Waals surface area contributed by atoms with Crippen LogP contribution < -0.4 is 23.7 Å². The first-order valence-electron chi connectivity index (χ1n) is 15.9. The van der Waals surface area contributed by atoms with Crippen LogP contribution in [-0.4, -0.2) is 52.0 Å². The van der Waals surface area contributed by atoms with Gasteiger partial charge in [0.2, 0.25) is 15.6 Å². The van der Waals surface area contributed by atoms with Crippen molar-refractivity contribution in [2.45, 2.75) is 64.3 Å². The van der Waals surface area contributed by atoms with Crippen molar-refractivity contribution in [2.75, 3.05) is 24.2 Å². The van der Waals surface area contributed by atoms with E-state index in [0.29, 0.717) is 17.3 Å². The summed E-state index contributed by atoms with van der Waals surface area (Å²) in [6.45, 7) is 0.0665. The molecule has 0 bridgehead atoms. The number of carbonyl (C=O) groups is 2. The van der Waals surface area contributed by atoms with Crippen LogP contribution in [0.5, 0.6) is 17.2 Å². The number of pyridine rings is 1. The highest BCUT2D eigenvalue weighted by atomic mass is 35.5. The Bertz CT molecular complexity index is 1870. The largest absolute Gasteiger partial charge is 0.619 e. The van der Waals surface area contributed by atoms with E-state index < -0.39 is 40.3 Å². The number of nitrogens with one attached hydrogen (secondary N) is 1. The zero-order chi connectivity index (χ0) is 37.1. The first kappa shape index (κ1) is 38.2. The second-order valence-electron chi connectivity index (χ2n) is 13.0. The summed E-state index contributed by atoms with van der Waals surface area (Å²) in [6.07, 6.45) is 5.53. The molecule has 2 saturated carbocycles. The number of hydrogen-bond acceptors (Lipinski definition) is 10. The number of esters is 2. The number of nitrogens with zero attached hydrogens (tertiary/aromatic N) is 1. The Morgan fingerprint density at radius 2 is 1.57 bits per heavy atom. The molecule has 0 unspecified atom stereocenters. The number of benzene rings is 2. The quantitative estimate of drug-likeness (QED) is 0.0898. The van der Waals surface area contributed by atoms with Crippen LogP contribution in [-0.2, 0) is 30.7 Å². The molecule has 12 nitrogen and oxygen atoms in total. The Labute approximate surface area is 303 Å². The Balaban J connectivity index is 1.40. The summed E-state index contributed by atoms with van der Waals surface area (Å²) in [5.74, 6) is -1.48. The molecule has 2 aliphatic carbocycles. The number of halogens is 4. The topological polar surface area (TPSA) is 153 Å². The summed E-state index contributed by atoms with van der Waals surface area (Å²) >= 11 is 12.7. The van der Waals surface area contributed by atoms with E-state index in [0.717, 1.165) is 44.3 Å². The summed E-state index contributed by atoms with van der Waals surface area (Å²) < 4.78 is 80.7. The van der Waals surface area contributed by atoms with Crippen LogP contribution in [0.25, 0.3) is 0 Å². The van der Waals surface area contributed by atoms with Crippen LogP contribution in [0.15, 0.2) is 48.8 Å². The highest BCUT2D eigenvalue weighted by molar-refractivity contribution is 7.92. The zero-order valence-electron chi connectivity index (χ0n) is 27.8. The maximum Gasteiger partial charge on any atom is 0.387 e. The SMILES string of the molecule is CC(C)(OC(=O)c1ccc(NS(C)(=O)=O)c(OCC2CC2)c1)C(=O)O[C@@H](Cc1c(Cl)c[n+]([O-])cc1Cl)c1ccc(OC(F)F)c(OCC2CC2)c1. The number of ether oxygens (including phenoxy) is 5. The van der Waals surface area contributed by atoms with Gasteiger partial charge in [-0.3, -0.25) is 4.72 Å². The first-order chi connectivity index (χ1) is 24.0. The molecular formula is C34H36Cl2F2N2O10S. The van der Waals surface area contributed by atoms with Gasteiger partial charge in [0.1, 0.15) is 21.9 Å². The third-order valence-corrected chi connectivity index (χ3v) is 9.19. The van der Waals surface area contributed by atoms with Crippen LogP contribution in [0.2, 0.25) is 10.0 Å². The third-order valence-electron chi connectivity index (χ3n) is 7.95. The maximum absolute atomic E-state index is 13.7. The molecule has 0 amide bonds. The molecule has 2 aromatic carbocycles. The van der Waals surface area contributed by atoms with Gasteiger partial charge in [0, 0.05) is 12.0 Å². The number of rotatable bonds is 17. The van der Waals surface area contributed by atoms with E-state index in [1.807, 2.05) is 0 Å². The third kappa shape index (κ3) is 11.0. The number of alkyl halides is 2. The molecule has 1 aromatic heterocycles. The lowest BCUT2D eigenvalue weighted by molar-refractivity contribution is -0.605. The first-order valence-corrected chi connectivity index (χ1v) is 18.6. The standard InChI is InChI=1S/C34H36Cl2F2N2O10S/c1-34(2,50-31(41)22-8-10-26(39-51(3,44)45)29(13-22)46-17-19-4-5-19)32(42)48-28(14-23-24(35)15-40(43)16-25(23)36)21-9-11-27(49-33(37)38)30(12-21)47-18-20-6-7-20/h8-13,15-16,19-20,28,33,39H,4-7,14,17-18H2,1-3H3/t28-/m0/s1. The van der Waals surface area contributed by atoms with Crippen LogP contribution >= 0.6 is 23.2 Å². The number of sulfonamides is 1. The fraction of sp³-hybridized carbons (Fsp3) is 0.441. The summed E-state index contributed by atoms with van der Waals surface area (Å²) in [7, 11) is -3.66. The monoisotopic (exact) mass is 772 g/mol. The Morgan fingerprint density at radius 3 is 2.14 bits per heavy atom. The molecule has 3 aromatic rings. The fourth-order valence-electron chi connectivity index (χ4n) is 4.81. The minimum atomic E-state index is -3.66. The maximum atomic E-state index is 13.7. The molecular weight excluding hydrogens is 737 g/mol. The lowest BCUT2D eigenvalue weighted by Crippen LogP contribution is -2.39. The summed E-state index contributed by atoms with van der Waals surface area (Å²) in [6, 6.07) is 8.02. The molecule has 2 fully saturated rings. The van der Waals surface area contributed by atoms with Crippen molar-refractivity contribution >= 4 is 50.9 Å². The number of carbonyl (C=O) groups excluding carboxylic acids is 2. The smallest absolute Gasteiger partial charge is 0.387 e. The van der Waals surface area contributed by atoms with E-state index in [1.54, 1.807) is 0 Å². The summed E-state index contributed by atoms with van der Waals surface area (Å²) in [4.78, 5) is 27.1. The highest BCUT2D eigenvalue weighted by Crippen LogP contribution is 2.39. The van der Waals surface area contributed by atoms with Gasteiger partial charge in [-0.05, 0) is 87.3 Å². The second-order valence-corrected chi connectivity index (χ2v) is 15.5. The lowest BCUT2D eigenvalue weighted by Gasteiger charge is -2.27. The van der Waals surface area contributed by atoms with Crippen molar-refractivity contribution in [1.29, 1.82) is 0 Å². The molecule has 0 saturated heterocycles. The van der Waals surface area contributed by atoms with Crippen molar-refractivity contribution in [3.05, 3.63) is 80.7 Å². The van der Waals surface area contributed by atoms with E-state index >= 15 is 0 Å². The molecule has 1 heterocycles. The predicted molar refractivity (Wildman–Crippen MR) is 182 cm³/mol. The number of anilines is 1. The van der Waals surface area contributed by atoms with Gasteiger partial charge in [0.25, 0.3) is 0 Å². The van der Waals surface area contributed by atoms with Crippen molar-refractivity contribution in [2.24, 2.45) is 11.8 Å². The molecule has 5 rings (SSSR count). The van der Waals surface area contributed by atoms with Gasteiger partial charge in [-0.1, -0.05) is 29.3 Å². The Kier molecular flexibility index (Phi) is 11.7. The van der Waals surface area contributed by atoms with Crippen LogP contribution in [0.1, 0.15) is 67.1 Å². The average molecular weight is 774 g/mol. The molecule has 0 aliphatic heterocycles. The van der Waals surface area contributed by atoms with E-state index in [4.69, 9.17) is 42.1 Å². The van der Waals surface area contributed by atoms with Gasteiger partial charge >= 0.3 is 18.6 Å². The van der Waals surface area contributed by atoms with Crippen LogP contribution in [0.3, 0.4) is 0 Å².